The van der Waals surface area contributed by atoms with Crippen LogP contribution in [0.25, 0.3) is 11.1 Å². The first-order chi connectivity index (χ1) is 15.5. The molecule has 4 rings (SSSR count). The van der Waals surface area contributed by atoms with Crippen molar-refractivity contribution in [1.82, 2.24) is 20.3 Å². The van der Waals surface area contributed by atoms with Crippen LogP contribution in [0.2, 0.25) is 0 Å². The Bertz CT molecular complexity index is 1030. The van der Waals surface area contributed by atoms with E-state index in [4.69, 9.17) is 4.98 Å². The highest BCUT2D eigenvalue weighted by Crippen LogP contribution is 2.29. The summed E-state index contributed by atoms with van der Waals surface area (Å²) < 4.78 is 0. The first-order valence-corrected chi connectivity index (χ1v) is 11.4. The summed E-state index contributed by atoms with van der Waals surface area (Å²) in [6.07, 6.45) is 7.30. The number of benzene rings is 1. The molecule has 1 aliphatic rings. The molecule has 1 saturated heterocycles. The number of nitrogens with one attached hydrogen (secondary N) is 1. The average molecular weight is 430 g/mol. The van der Waals surface area contributed by atoms with Crippen molar-refractivity contribution in [3.63, 3.8) is 0 Å². The van der Waals surface area contributed by atoms with Crippen LogP contribution < -0.4 is 10.2 Å². The van der Waals surface area contributed by atoms with E-state index in [0.717, 1.165) is 54.3 Å². The maximum atomic E-state index is 12.7. The summed E-state index contributed by atoms with van der Waals surface area (Å²) in [5.41, 5.74) is 4.24. The molecule has 6 nitrogen and oxygen atoms in total. The minimum atomic E-state index is -0.146. The van der Waals surface area contributed by atoms with Gasteiger partial charge in [-0.05, 0) is 48.9 Å². The summed E-state index contributed by atoms with van der Waals surface area (Å²) in [5.74, 6) is 1.01. The smallest absolute Gasteiger partial charge is 0.227 e. The van der Waals surface area contributed by atoms with Gasteiger partial charge in [0.25, 0.3) is 0 Å². The number of carbonyl (C=O) groups excluding carboxylic acids is 1. The van der Waals surface area contributed by atoms with Crippen molar-refractivity contribution in [2.45, 2.75) is 51.5 Å². The Balaban J connectivity index is 1.40. The van der Waals surface area contributed by atoms with E-state index < -0.39 is 0 Å². The van der Waals surface area contributed by atoms with Crippen LogP contribution in [-0.4, -0.2) is 40.0 Å². The van der Waals surface area contributed by atoms with E-state index in [1.807, 2.05) is 55.6 Å². The van der Waals surface area contributed by atoms with Crippen molar-refractivity contribution < 1.29 is 4.79 Å². The predicted octanol–water partition coefficient (Wildman–Crippen LogP) is 4.55. The molecule has 0 spiro atoms. The van der Waals surface area contributed by atoms with Gasteiger partial charge in [0, 0.05) is 43.3 Å². The number of hydrogen-bond acceptors (Lipinski definition) is 5. The SMILES string of the molecule is CC(C)c1nc(N2CCC(NC(=O)[C@H](C)c3ccccc3)CC2)ncc1-c1ccncc1. The lowest BCUT2D eigenvalue weighted by molar-refractivity contribution is -0.123. The minimum Gasteiger partial charge on any atom is -0.353 e. The monoisotopic (exact) mass is 429 g/mol. The van der Waals surface area contributed by atoms with Crippen LogP contribution in [0.15, 0.2) is 61.1 Å². The second-order valence-corrected chi connectivity index (χ2v) is 8.76. The number of anilines is 1. The van der Waals surface area contributed by atoms with E-state index in [1.54, 1.807) is 12.4 Å². The number of pyridine rings is 1. The van der Waals surface area contributed by atoms with Crippen LogP contribution in [-0.2, 0) is 4.79 Å². The van der Waals surface area contributed by atoms with Crippen LogP contribution >= 0.6 is 0 Å². The van der Waals surface area contributed by atoms with Gasteiger partial charge in [-0.1, -0.05) is 44.2 Å². The molecule has 0 bridgehead atoms. The van der Waals surface area contributed by atoms with Crippen LogP contribution in [0.5, 0.6) is 0 Å². The predicted molar refractivity (Wildman–Crippen MR) is 128 cm³/mol. The largest absolute Gasteiger partial charge is 0.353 e. The molecule has 1 N–H and O–H groups in total. The van der Waals surface area contributed by atoms with E-state index in [-0.39, 0.29) is 23.8 Å². The summed E-state index contributed by atoms with van der Waals surface area (Å²) in [6, 6.07) is 14.1. The molecule has 166 valence electrons. The van der Waals surface area contributed by atoms with Gasteiger partial charge in [-0.25, -0.2) is 9.97 Å². The number of carbonyl (C=O) groups is 1. The second-order valence-electron chi connectivity index (χ2n) is 8.76. The highest BCUT2D eigenvalue weighted by Gasteiger charge is 2.25. The zero-order valence-electron chi connectivity index (χ0n) is 19.0. The maximum Gasteiger partial charge on any atom is 0.227 e. The molecule has 0 saturated carbocycles. The average Bonchev–Trinajstić information content (AvgIpc) is 2.84. The molecule has 0 radical (unpaired) electrons. The molecule has 1 aliphatic heterocycles. The van der Waals surface area contributed by atoms with Crippen molar-refractivity contribution in [2.24, 2.45) is 0 Å². The Kier molecular flexibility index (Phi) is 6.78. The number of amides is 1. The number of aromatic nitrogens is 3. The van der Waals surface area contributed by atoms with Crippen LogP contribution in [0, 0.1) is 0 Å². The van der Waals surface area contributed by atoms with Crippen LogP contribution in [0.1, 0.15) is 56.7 Å². The number of hydrogen-bond donors (Lipinski definition) is 1. The van der Waals surface area contributed by atoms with Gasteiger partial charge in [0.2, 0.25) is 11.9 Å². The summed E-state index contributed by atoms with van der Waals surface area (Å²) in [4.78, 5) is 28.7. The Hall–Kier alpha value is -3.28. The third kappa shape index (κ3) is 4.96. The zero-order valence-corrected chi connectivity index (χ0v) is 19.0. The van der Waals surface area contributed by atoms with Gasteiger partial charge in [0.05, 0.1) is 11.6 Å². The quantitative estimate of drug-likeness (QED) is 0.622. The normalized spacial score (nSPS) is 15.6. The van der Waals surface area contributed by atoms with Crippen molar-refractivity contribution in [2.75, 3.05) is 18.0 Å². The highest BCUT2D eigenvalue weighted by atomic mass is 16.1. The third-order valence-electron chi connectivity index (χ3n) is 6.16. The Morgan fingerprint density at radius 1 is 1.03 bits per heavy atom. The molecule has 3 heterocycles. The first-order valence-electron chi connectivity index (χ1n) is 11.4. The number of piperidine rings is 1. The summed E-state index contributed by atoms with van der Waals surface area (Å²) >= 11 is 0. The van der Waals surface area contributed by atoms with Crippen molar-refractivity contribution in [1.29, 1.82) is 0 Å². The fourth-order valence-electron chi connectivity index (χ4n) is 4.17. The van der Waals surface area contributed by atoms with Gasteiger partial charge in [-0.2, -0.15) is 0 Å². The molecule has 0 unspecified atom stereocenters. The van der Waals surface area contributed by atoms with E-state index in [9.17, 15) is 4.79 Å². The van der Waals surface area contributed by atoms with Crippen LogP contribution in [0.3, 0.4) is 0 Å². The second kappa shape index (κ2) is 9.90. The Morgan fingerprint density at radius 3 is 2.38 bits per heavy atom. The summed E-state index contributed by atoms with van der Waals surface area (Å²) in [7, 11) is 0. The van der Waals surface area contributed by atoms with Gasteiger partial charge in [0.1, 0.15) is 0 Å². The zero-order chi connectivity index (χ0) is 22.5. The molecule has 2 aromatic heterocycles. The molecule has 1 atom stereocenters. The van der Waals surface area contributed by atoms with E-state index in [1.165, 1.54) is 0 Å². The highest BCUT2D eigenvalue weighted by molar-refractivity contribution is 5.83. The van der Waals surface area contributed by atoms with Crippen molar-refractivity contribution in [3.05, 3.63) is 72.3 Å². The molecule has 1 fully saturated rings. The Labute approximate surface area is 190 Å². The maximum absolute atomic E-state index is 12.7. The molecular formula is C26H31N5O. The lowest BCUT2D eigenvalue weighted by Crippen LogP contribution is -2.46. The summed E-state index contributed by atoms with van der Waals surface area (Å²) in [6.45, 7) is 7.94. The van der Waals surface area contributed by atoms with E-state index >= 15 is 0 Å². The molecule has 1 aromatic carbocycles. The molecular weight excluding hydrogens is 398 g/mol. The Morgan fingerprint density at radius 2 is 1.72 bits per heavy atom. The fourth-order valence-corrected chi connectivity index (χ4v) is 4.17. The molecule has 1 amide bonds. The molecule has 6 heteroatoms. The lowest BCUT2D eigenvalue weighted by Gasteiger charge is -2.33. The topological polar surface area (TPSA) is 71.0 Å². The molecule has 3 aromatic rings. The summed E-state index contributed by atoms with van der Waals surface area (Å²) in [5, 5.41) is 3.24. The first kappa shape index (κ1) is 21.9. The van der Waals surface area contributed by atoms with Gasteiger partial charge in [-0.15, -0.1) is 0 Å². The van der Waals surface area contributed by atoms with Gasteiger partial charge in [-0.3, -0.25) is 9.78 Å². The van der Waals surface area contributed by atoms with Gasteiger partial charge >= 0.3 is 0 Å². The minimum absolute atomic E-state index is 0.0923. The van der Waals surface area contributed by atoms with Crippen molar-refractivity contribution in [3.8, 4) is 11.1 Å². The van der Waals surface area contributed by atoms with Gasteiger partial charge < -0.3 is 10.2 Å². The number of rotatable bonds is 6. The molecule has 32 heavy (non-hydrogen) atoms. The van der Waals surface area contributed by atoms with Crippen LogP contribution in [0.4, 0.5) is 5.95 Å². The number of nitrogens with zero attached hydrogens (tertiary/aromatic N) is 4. The van der Waals surface area contributed by atoms with Gasteiger partial charge in [0.15, 0.2) is 0 Å². The fraction of sp³-hybridized carbons (Fsp3) is 0.385. The standard InChI is InChI=1S/C26H31N5O/c1-18(2)24-23(21-9-13-27-14-10-21)17-28-26(30-24)31-15-11-22(12-16-31)29-25(32)19(3)20-7-5-4-6-8-20/h4-10,13-14,17-19,22H,11-12,15-16H2,1-3H3,(H,29,32)/t19-/m1/s1. The van der Waals surface area contributed by atoms with E-state index in [0.29, 0.717) is 0 Å². The lowest BCUT2D eigenvalue weighted by atomic mass is 9.98. The van der Waals surface area contributed by atoms with Crippen molar-refractivity contribution >= 4 is 11.9 Å². The third-order valence-corrected chi connectivity index (χ3v) is 6.16. The van der Waals surface area contributed by atoms with E-state index in [2.05, 4.69) is 34.0 Å². The molecule has 0 aliphatic carbocycles.